The van der Waals surface area contributed by atoms with Gasteiger partial charge < -0.3 is 15.2 Å². The molecule has 2 N–H and O–H groups in total. The number of carbonyl (C=O) groups is 1. The predicted molar refractivity (Wildman–Crippen MR) is 123 cm³/mol. The van der Waals surface area contributed by atoms with E-state index in [0.717, 1.165) is 22.2 Å². The molecule has 0 aliphatic carbocycles. The van der Waals surface area contributed by atoms with Gasteiger partial charge in [-0.25, -0.2) is 4.79 Å². The van der Waals surface area contributed by atoms with E-state index in [1.54, 1.807) is 6.92 Å². The molecule has 5 heteroatoms. The number of aryl methyl sites for hydroxylation is 1. The molecule has 0 amide bonds. The number of fused-ring (bicyclic) bond motifs is 1. The molecule has 1 aromatic heterocycles. The molecule has 1 unspecified atom stereocenters. The number of para-hydroxylation sites is 2. The molecule has 31 heavy (non-hydrogen) atoms. The first-order valence-corrected chi connectivity index (χ1v) is 10.2. The fourth-order valence-corrected chi connectivity index (χ4v) is 3.63. The van der Waals surface area contributed by atoms with Crippen LogP contribution in [0.1, 0.15) is 40.1 Å². The standard InChI is InChI=1S/C26H24N2O3/c1-3-31-26(30)21-16-27-23-19(24(21)28-22-15-8-7-10-17(22)2)13-9-14-20(23)25(29)18-11-5-4-6-12-18/h4-16,25,29H,3H2,1-2H3,(H,27,28). The number of nitrogens with zero attached hydrogens (tertiary/aromatic N) is 1. The summed E-state index contributed by atoms with van der Waals surface area (Å²) >= 11 is 0. The molecule has 3 aromatic carbocycles. The number of nitrogens with one attached hydrogen (secondary N) is 1. The summed E-state index contributed by atoms with van der Waals surface area (Å²) in [5.74, 6) is -0.443. The Bertz CT molecular complexity index is 1220. The molecule has 1 heterocycles. The number of aromatic nitrogens is 1. The number of aliphatic hydroxyl groups is 1. The Morgan fingerprint density at radius 1 is 1.03 bits per heavy atom. The van der Waals surface area contributed by atoms with Gasteiger partial charge in [0, 0.05) is 22.8 Å². The van der Waals surface area contributed by atoms with E-state index in [-0.39, 0.29) is 6.61 Å². The Labute approximate surface area is 181 Å². The van der Waals surface area contributed by atoms with Gasteiger partial charge in [0.1, 0.15) is 11.7 Å². The van der Waals surface area contributed by atoms with Crippen molar-refractivity contribution in [3.63, 3.8) is 0 Å². The number of ether oxygens (including phenoxy) is 1. The number of pyridine rings is 1. The Morgan fingerprint density at radius 3 is 2.52 bits per heavy atom. The highest BCUT2D eigenvalue weighted by Gasteiger charge is 2.21. The highest BCUT2D eigenvalue weighted by Crippen LogP contribution is 2.35. The third kappa shape index (κ3) is 4.13. The summed E-state index contributed by atoms with van der Waals surface area (Å²) in [6, 6.07) is 22.9. The van der Waals surface area contributed by atoms with Crippen molar-refractivity contribution in [3.05, 3.63) is 101 Å². The van der Waals surface area contributed by atoms with Crippen molar-refractivity contribution >= 4 is 28.2 Å². The van der Waals surface area contributed by atoms with Crippen molar-refractivity contribution in [3.8, 4) is 0 Å². The highest BCUT2D eigenvalue weighted by molar-refractivity contribution is 6.06. The third-order valence-electron chi connectivity index (χ3n) is 5.24. The molecule has 0 aliphatic heterocycles. The van der Waals surface area contributed by atoms with Crippen molar-refractivity contribution in [2.45, 2.75) is 20.0 Å². The lowest BCUT2D eigenvalue weighted by molar-refractivity contribution is 0.0527. The molecule has 0 bridgehead atoms. The molecule has 4 aromatic rings. The average molecular weight is 412 g/mol. The van der Waals surface area contributed by atoms with Crippen molar-refractivity contribution in [2.75, 3.05) is 11.9 Å². The van der Waals surface area contributed by atoms with E-state index >= 15 is 0 Å². The van der Waals surface area contributed by atoms with Gasteiger partial charge >= 0.3 is 5.97 Å². The summed E-state index contributed by atoms with van der Waals surface area (Å²) in [5.41, 5.74) is 4.97. The largest absolute Gasteiger partial charge is 0.462 e. The van der Waals surface area contributed by atoms with Crippen molar-refractivity contribution in [1.82, 2.24) is 4.98 Å². The fourth-order valence-electron chi connectivity index (χ4n) is 3.63. The van der Waals surface area contributed by atoms with E-state index in [0.29, 0.717) is 22.3 Å². The zero-order chi connectivity index (χ0) is 21.8. The molecule has 0 radical (unpaired) electrons. The number of hydrogen-bond donors (Lipinski definition) is 2. The van der Waals surface area contributed by atoms with Gasteiger partial charge in [0.2, 0.25) is 0 Å². The van der Waals surface area contributed by atoms with Gasteiger partial charge in [-0.2, -0.15) is 0 Å². The molecule has 156 valence electrons. The van der Waals surface area contributed by atoms with Crippen LogP contribution in [0, 0.1) is 6.92 Å². The van der Waals surface area contributed by atoms with Crippen molar-refractivity contribution in [1.29, 1.82) is 0 Å². The molecular weight excluding hydrogens is 388 g/mol. The highest BCUT2D eigenvalue weighted by atomic mass is 16.5. The first-order valence-electron chi connectivity index (χ1n) is 10.2. The summed E-state index contributed by atoms with van der Waals surface area (Å²) < 4.78 is 5.26. The normalized spacial score (nSPS) is 11.8. The number of anilines is 2. The molecule has 0 saturated heterocycles. The Kier molecular flexibility index (Phi) is 5.96. The van der Waals surface area contributed by atoms with Gasteiger partial charge in [-0.1, -0.05) is 66.7 Å². The quantitative estimate of drug-likeness (QED) is 0.407. The lowest BCUT2D eigenvalue weighted by atomic mass is 9.97. The molecule has 0 spiro atoms. The van der Waals surface area contributed by atoms with E-state index in [1.165, 1.54) is 6.20 Å². The Morgan fingerprint density at radius 2 is 1.77 bits per heavy atom. The molecule has 0 fully saturated rings. The van der Waals surface area contributed by atoms with Crippen LogP contribution in [0.3, 0.4) is 0 Å². The first-order chi connectivity index (χ1) is 15.1. The van der Waals surface area contributed by atoms with Gasteiger partial charge in [-0.05, 0) is 31.0 Å². The minimum atomic E-state index is -0.836. The number of rotatable bonds is 6. The second-order valence-electron chi connectivity index (χ2n) is 7.26. The maximum Gasteiger partial charge on any atom is 0.341 e. The van der Waals surface area contributed by atoms with E-state index in [9.17, 15) is 9.90 Å². The third-order valence-corrected chi connectivity index (χ3v) is 5.24. The molecular formula is C26H24N2O3. The second kappa shape index (κ2) is 8.98. The summed E-state index contributed by atoms with van der Waals surface area (Å²) in [5, 5.41) is 15.2. The Balaban J connectivity index is 1.90. The minimum absolute atomic E-state index is 0.271. The molecule has 4 rings (SSSR count). The lowest BCUT2D eigenvalue weighted by Gasteiger charge is -2.18. The second-order valence-corrected chi connectivity index (χ2v) is 7.26. The average Bonchev–Trinajstić information content (AvgIpc) is 2.80. The van der Waals surface area contributed by atoms with Crippen molar-refractivity contribution < 1.29 is 14.6 Å². The number of esters is 1. The van der Waals surface area contributed by atoms with Crippen LogP contribution in [0.15, 0.2) is 79.0 Å². The zero-order valence-corrected chi connectivity index (χ0v) is 17.5. The summed E-state index contributed by atoms with van der Waals surface area (Å²) in [4.78, 5) is 17.2. The number of aliphatic hydroxyl groups excluding tert-OH is 1. The topological polar surface area (TPSA) is 71.5 Å². The minimum Gasteiger partial charge on any atom is -0.462 e. The van der Waals surface area contributed by atoms with Crippen LogP contribution in [0.25, 0.3) is 10.9 Å². The molecule has 5 nitrogen and oxygen atoms in total. The van der Waals surface area contributed by atoms with Gasteiger partial charge in [-0.15, -0.1) is 0 Å². The van der Waals surface area contributed by atoms with Gasteiger partial charge in [0.15, 0.2) is 0 Å². The summed E-state index contributed by atoms with van der Waals surface area (Å²) in [6.07, 6.45) is 0.680. The van der Waals surface area contributed by atoms with E-state index in [2.05, 4.69) is 10.3 Å². The molecule has 0 aliphatic rings. The van der Waals surface area contributed by atoms with Crippen LogP contribution in [-0.2, 0) is 4.74 Å². The number of hydrogen-bond acceptors (Lipinski definition) is 5. The smallest absolute Gasteiger partial charge is 0.341 e. The maximum absolute atomic E-state index is 12.7. The summed E-state index contributed by atoms with van der Waals surface area (Å²) in [6.45, 7) is 4.04. The van der Waals surface area contributed by atoms with E-state index in [1.807, 2.05) is 79.7 Å². The van der Waals surface area contributed by atoms with Crippen LogP contribution >= 0.6 is 0 Å². The Hall–Kier alpha value is -3.70. The first kappa shape index (κ1) is 20.6. The van der Waals surface area contributed by atoms with Gasteiger partial charge in [0.05, 0.1) is 17.8 Å². The molecule has 0 saturated carbocycles. The number of benzene rings is 3. The van der Waals surface area contributed by atoms with Crippen LogP contribution in [0.2, 0.25) is 0 Å². The van der Waals surface area contributed by atoms with Crippen LogP contribution in [0.4, 0.5) is 11.4 Å². The van der Waals surface area contributed by atoms with Crippen LogP contribution in [-0.4, -0.2) is 22.7 Å². The zero-order valence-electron chi connectivity index (χ0n) is 17.5. The van der Waals surface area contributed by atoms with Gasteiger partial charge in [0.25, 0.3) is 0 Å². The number of carbonyl (C=O) groups excluding carboxylic acids is 1. The van der Waals surface area contributed by atoms with Crippen LogP contribution < -0.4 is 5.32 Å². The monoisotopic (exact) mass is 412 g/mol. The van der Waals surface area contributed by atoms with Crippen molar-refractivity contribution in [2.24, 2.45) is 0 Å². The fraction of sp³-hybridized carbons (Fsp3) is 0.154. The van der Waals surface area contributed by atoms with E-state index in [4.69, 9.17) is 4.74 Å². The molecule has 1 atom stereocenters. The van der Waals surface area contributed by atoms with E-state index < -0.39 is 12.1 Å². The summed E-state index contributed by atoms with van der Waals surface area (Å²) in [7, 11) is 0. The van der Waals surface area contributed by atoms with Crippen LogP contribution in [0.5, 0.6) is 0 Å². The predicted octanol–water partition coefficient (Wildman–Crippen LogP) is 5.55. The SMILES string of the molecule is CCOC(=O)c1cnc2c(C(O)c3ccccc3)cccc2c1Nc1ccccc1C. The lowest BCUT2D eigenvalue weighted by Crippen LogP contribution is -2.10. The maximum atomic E-state index is 12.7. The van der Waals surface area contributed by atoms with Gasteiger partial charge in [-0.3, -0.25) is 4.98 Å².